The minimum Gasteiger partial charge on any atom is -0.360 e. The van der Waals surface area contributed by atoms with Crippen molar-refractivity contribution >= 4 is 23.0 Å². The summed E-state index contributed by atoms with van der Waals surface area (Å²) in [5.41, 5.74) is 4.12. The van der Waals surface area contributed by atoms with E-state index in [1.165, 1.54) is 23.2 Å². The number of aryl methyl sites for hydroxylation is 1. The van der Waals surface area contributed by atoms with Crippen LogP contribution in [0.3, 0.4) is 0 Å². The zero-order valence-electron chi connectivity index (χ0n) is 13.4. The van der Waals surface area contributed by atoms with Crippen molar-refractivity contribution in [1.29, 1.82) is 0 Å². The number of thiocarbonyl (C=S) groups is 1. The molecule has 0 bridgehead atoms. The quantitative estimate of drug-likeness (QED) is 0.804. The monoisotopic (exact) mass is 303 g/mol. The molecular weight excluding hydrogens is 278 g/mol. The predicted octanol–water partition coefficient (Wildman–Crippen LogP) is 2.89. The van der Waals surface area contributed by atoms with Crippen molar-refractivity contribution in [3.8, 4) is 0 Å². The van der Waals surface area contributed by atoms with Gasteiger partial charge in [-0.15, -0.1) is 0 Å². The van der Waals surface area contributed by atoms with Crippen LogP contribution in [0.2, 0.25) is 0 Å². The van der Waals surface area contributed by atoms with Gasteiger partial charge in [0, 0.05) is 30.2 Å². The standard InChI is InChI=1S/C17H25N3S/c1-11(2)18-17(21)20-15-6-5-12(3)9-13(15)14-10-19(4)8-7-16(14)20/h5-6,9,11,14,16H,7-8,10H2,1-4H3,(H,18,21). The molecule has 0 radical (unpaired) electrons. The van der Waals surface area contributed by atoms with E-state index in [2.05, 4.69) is 61.1 Å². The van der Waals surface area contributed by atoms with Crippen molar-refractivity contribution < 1.29 is 0 Å². The van der Waals surface area contributed by atoms with E-state index in [0.29, 0.717) is 18.0 Å². The second-order valence-electron chi connectivity index (χ2n) is 6.76. The molecule has 114 valence electrons. The van der Waals surface area contributed by atoms with Gasteiger partial charge in [0.05, 0.1) is 0 Å². The van der Waals surface area contributed by atoms with Crippen LogP contribution >= 0.6 is 12.2 Å². The maximum absolute atomic E-state index is 5.70. The highest BCUT2D eigenvalue weighted by Crippen LogP contribution is 2.44. The Bertz CT molecular complexity index is 555. The van der Waals surface area contributed by atoms with E-state index in [-0.39, 0.29) is 0 Å². The summed E-state index contributed by atoms with van der Waals surface area (Å²) in [5, 5.41) is 4.31. The van der Waals surface area contributed by atoms with Gasteiger partial charge in [-0.3, -0.25) is 0 Å². The van der Waals surface area contributed by atoms with Gasteiger partial charge in [-0.2, -0.15) is 0 Å². The number of rotatable bonds is 1. The van der Waals surface area contributed by atoms with E-state index in [1.54, 1.807) is 0 Å². The number of nitrogens with zero attached hydrogens (tertiary/aromatic N) is 2. The van der Waals surface area contributed by atoms with Crippen LogP contribution < -0.4 is 10.2 Å². The lowest BCUT2D eigenvalue weighted by atomic mass is 9.89. The van der Waals surface area contributed by atoms with Gasteiger partial charge in [-0.25, -0.2) is 0 Å². The third kappa shape index (κ3) is 2.67. The van der Waals surface area contributed by atoms with Gasteiger partial charge < -0.3 is 15.1 Å². The molecule has 0 amide bonds. The zero-order valence-corrected chi connectivity index (χ0v) is 14.2. The van der Waals surface area contributed by atoms with Crippen molar-refractivity contribution in [1.82, 2.24) is 10.2 Å². The number of likely N-dealkylation sites (tertiary alicyclic amines) is 1. The fraction of sp³-hybridized carbons (Fsp3) is 0.588. The summed E-state index contributed by atoms with van der Waals surface area (Å²) in [5.74, 6) is 0.575. The first kappa shape index (κ1) is 14.8. The average Bonchev–Trinajstić information content (AvgIpc) is 2.71. The molecule has 3 rings (SSSR count). The molecule has 1 saturated heterocycles. The maximum atomic E-state index is 5.70. The smallest absolute Gasteiger partial charge is 0.173 e. The first-order chi connectivity index (χ1) is 9.97. The third-order valence-electron chi connectivity index (χ3n) is 4.58. The number of anilines is 1. The van der Waals surface area contributed by atoms with Crippen molar-refractivity contribution in [3.05, 3.63) is 29.3 Å². The Morgan fingerprint density at radius 1 is 1.38 bits per heavy atom. The van der Waals surface area contributed by atoms with Crippen LogP contribution in [-0.4, -0.2) is 42.2 Å². The number of benzene rings is 1. The normalized spacial score (nSPS) is 24.9. The number of fused-ring (bicyclic) bond motifs is 3. The molecule has 0 aliphatic carbocycles. The molecule has 1 N–H and O–H groups in total. The zero-order chi connectivity index (χ0) is 15.1. The molecule has 0 spiro atoms. The fourth-order valence-corrected chi connectivity index (χ4v) is 4.13. The summed E-state index contributed by atoms with van der Waals surface area (Å²) in [6.45, 7) is 8.74. The van der Waals surface area contributed by atoms with Crippen LogP contribution in [0.1, 0.15) is 37.3 Å². The highest BCUT2D eigenvalue weighted by Gasteiger charge is 2.42. The van der Waals surface area contributed by atoms with Crippen LogP contribution in [0, 0.1) is 6.92 Å². The lowest BCUT2D eigenvalue weighted by molar-refractivity contribution is 0.237. The van der Waals surface area contributed by atoms with Gasteiger partial charge in [-0.1, -0.05) is 17.7 Å². The van der Waals surface area contributed by atoms with Crippen molar-refractivity contribution in [2.24, 2.45) is 0 Å². The van der Waals surface area contributed by atoms with E-state index in [4.69, 9.17) is 12.2 Å². The topological polar surface area (TPSA) is 18.5 Å². The van der Waals surface area contributed by atoms with Gasteiger partial charge in [0.1, 0.15) is 0 Å². The first-order valence-corrected chi connectivity index (χ1v) is 8.27. The summed E-state index contributed by atoms with van der Waals surface area (Å²) in [4.78, 5) is 4.82. The van der Waals surface area contributed by atoms with Crippen molar-refractivity contribution in [2.45, 2.75) is 45.2 Å². The van der Waals surface area contributed by atoms with Crippen LogP contribution in [0.5, 0.6) is 0 Å². The SMILES string of the molecule is Cc1ccc2c(c1)C1CN(C)CCC1N2C(=S)NC(C)C. The Labute approximate surface area is 133 Å². The molecule has 0 aromatic heterocycles. The van der Waals surface area contributed by atoms with E-state index < -0.39 is 0 Å². The Kier molecular flexibility index (Phi) is 3.93. The first-order valence-electron chi connectivity index (χ1n) is 7.86. The van der Waals surface area contributed by atoms with Crippen molar-refractivity contribution in [3.63, 3.8) is 0 Å². The van der Waals surface area contributed by atoms with E-state index in [9.17, 15) is 0 Å². The molecule has 21 heavy (non-hydrogen) atoms. The van der Waals surface area contributed by atoms with Gasteiger partial charge in [-0.05, 0) is 64.6 Å². The molecule has 3 nitrogen and oxygen atoms in total. The third-order valence-corrected chi connectivity index (χ3v) is 4.90. The van der Waals surface area contributed by atoms with Gasteiger partial charge in [0.25, 0.3) is 0 Å². The Hall–Kier alpha value is -1.13. The van der Waals surface area contributed by atoms with E-state index in [1.807, 2.05) is 0 Å². The molecule has 2 atom stereocenters. The van der Waals surface area contributed by atoms with Crippen LogP contribution in [0.4, 0.5) is 5.69 Å². The molecule has 1 aromatic rings. The van der Waals surface area contributed by atoms with Crippen LogP contribution in [-0.2, 0) is 0 Å². The number of hydrogen-bond donors (Lipinski definition) is 1. The molecule has 4 heteroatoms. The maximum Gasteiger partial charge on any atom is 0.173 e. The molecule has 0 saturated carbocycles. The Morgan fingerprint density at radius 2 is 2.14 bits per heavy atom. The number of likely N-dealkylation sites (N-methyl/N-ethyl adjacent to an activating group) is 1. The second kappa shape index (κ2) is 5.58. The van der Waals surface area contributed by atoms with Crippen LogP contribution in [0.25, 0.3) is 0 Å². The lowest BCUT2D eigenvalue weighted by Gasteiger charge is -2.37. The summed E-state index contributed by atoms with van der Waals surface area (Å²) >= 11 is 5.70. The molecule has 1 aromatic carbocycles. The Morgan fingerprint density at radius 3 is 2.86 bits per heavy atom. The van der Waals surface area contributed by atoms with Crippen molar-refractivity contribution in [2.75, 3.05) is 25.0 Å². The molecular formula is C17H25N3S. The summed E-state index contributed by atoms with van der Waals surface area (Å²) in [6.07, 6.45) is 1.18. The molecule has 2 aliphatic heterocycles. The summed E-state index contributed by atoms with van der Waals surface area (Å²) in [6, 6.07) is 7.68. The largest absolute Gasteiger partial charge is 0.360 e. The van der Waals surface area contributed by atoms with E-state index in [0.717, 1.165) is 18.2 Å². The van der Waals surface area contributed by atoms with E-state index >= 15 is 0 Å². The minimum absolute atomic E-state index is 0.372. The predicted molar refractivity (Wildman–Crippen MR) is 93.2 cm³/mol. The van der Waals surface area contributed by atoms with Gasteiger partial charge in [0.2, 0.25) is 0 Å². The van der Waals surface area contributed by atoms with Gasteiger partial charge in [0.15, 0.2) is 5.11 Å². The molecule has 2 unspecified atom stereocenters. The number of piperidine rings is 1. The number of nitrogens with one attached hydrogen (secondary N) is 1. The molecule has 1 fully saturated rings. The average molecular weight is 303 g/mol. The lowest BCUT2D eigenvalue weighted by Crippen LogP contribution is -2.51. The summed E-state index contributed by atoms with van der Waals surface area (Å²) in [7, 11) is 2.22. The minimum atomic E-state index is 0.372. The van der Waals surface area contributed by atoms with Crippen LogP contribution in [0.15, 0.2) is 18.2 Å². The van der Waals surface area contributed by atoms with Gasteiger partial charge >= 0.3 is 0 Å². The molecule has 2 aliphatic rings. The number of hydrogen-bond acceptors (Lipinski definition) is 2. The Balaban J connectivity index is 1.99. The fourth-order valence-electron chi connectivity index (χ4n) is 3.66. The highest BCUT2D eigenvalue weighted by molar-refractivity contribution is 7.80. The second-order valence-corrected chi connectivity index (χ2v) is 7.15. The summed E-state index contributed by atoms with van der Waals surface area (Å²) < 4.78 is 0. The highest BCUT2D eigenvalue weighted by atomic mass is 32.1. The molecule has 2 heterocycles.